The van der Waals surface area contributed by atoms with Crippen molar-refractivity contribution in [1.29, 1.82) is 0 Å². The highest BCUT2D eigenvalue weighted by molar-refractivity contribution is 5.65. The molecule has 0 bridgehead atoms. The zero-order valence-corrected chi connectivity index (χ0v) is 82.8. The van der Waals surface area contributed by atoms with Gasteiger partial charge in [-0.05, 0) is 422 Å². The Kier molecular flexibility index (Phi) is 38.5. The first kappa shape index (κ1) is 109. The fraction of sp³-hybridized carbons (Fsp3) is 0.546. The van der Waals surface area contributed by atoms with Crippen LogP contribution in [0.3, 0.4) is 0 Å². The highest BCUT2D eigenvalue weighted by Gasteiger charge is 2.44. The molecule has 140 heavy (non-hydrogen) atoms. The van der Waals surface area contributed by atoms with E-state index in [0.29, 0.717) is 104 Å². The quantitative estimate of drug-likeness (QED) is 0.0497. The van der Waals surface area contributed by atoms with Crippen molar-refractivity contribution >= 4 is 0 Å². The van der Waals surface area contributed by atoms with Gasteiger partial charge in [-0.2, -0.15) is 17.6 Å². The molecule has 8 fully saturated rings. The number of rotatable bonds is 22. The molecule has 0 radical (unpaired) electrons. The van der Waals surface area contributed by atoms with Crippen LogP contribution in [0.1, 0.15) is 308 Å². The predicted molar refractivity (Wildman–Crippen MR) is 518 cm³/mol. The lowest BCUT2D eigenvalue weighted by atomic mass is 9.69. The largest absolute Gasteiger partial charge is 0.432 e. The standard InChI is InChI=1S/C29H35F5O.C26H31F3.C23H25F5O.C21H29F3.C20H21F3/c1-17-4-8-22(9-5-17)23-10-6-20(7-11-23)13-21-14-26(31)28(27(32)15-21)29(33,34)35-24-12-18(2)19(3)25(30)16-24;1-17-2-8-20(9-3-17)21-10-4-18(5-11-21)14-19-6-12-22(13-7-19)23-15-24(27)26(29)25(28)16-23;1-13-4-6-16(7-5-13)9-17-10-20(25)22(21(26)11-17)23(27,28)29-18-8-14(2)15(3)19(24)12-18;1-14-2-4-15(5-3-14)10-16-6-8-17(9-7-16)11-18-12-19(22)21(24)20(23)13-18;1-13-2-4-14(5-3-13)10-15-6-8-16(9-7-15)17-11-18(21)20(23)19(22)12-17/h12,14-17,20,22-23H,4-11,13H2,1-3H3;6-7,12-13,15-18,20-21H,2-5,8-11,14H2,1H3;8,10-13,16H,4-7,9H2,1-3H3;12-17H,2-11H2,1H3;6-9,11-14H,2-5,10H2,1H3. The summed E-state index contributed by atoms with van der Waals surface area (Å²) in [5.74, 6) is -6.87. The SMILES string of the molecule is CC1CCC(C2CCC(Cc3ccc(-c4cc(F)c(F)c(F)c4)cc3)CC2)CC1.CC1CCC(CC2CCC(Cc3cc(F)c(F)c(F)c3)CC2)CC1.CC1CCC(Cc2ccc(-c3cc(F)c(F)c(F)c3)cc2)CC1.Cc1cc(OC(F)(F)c2c(F)cc(CC3CCC(C)CC3)cc2F)cc(F)c1C.Cc1cc(OC(F)(F)c2c(F)cc(CC3CCC(C4CCC(C)CC4)CC3)cc2F)cc(F)c1C. The van der Waals surface area contributed by atoms with Crippen molar-refractivity contribution in [2.75, 3.05) is 0 Å². The summed E-state index contributed by atoms with van der Waals surface area (Å²) in [6.07, 6.45) is 36.6. The van der Waals surface area contributed by atoms with Crippen LogP contribution in [0.2, 0.25) is 0 Å². The molecule has 762 valence electrons. The van der Waals surface area contributed by atoms with Gasteiger partial charge in [0.15, 0.2) is 52.4 Å². The van der Waals surface area contributed by atoms with E-state index in [1.807, 2.05) is 48.5 Å². The third-order valence-electron chi connectivity index (χ3n) is 32.9. The lowest BCUT2D eigenvalue weighted by molar-refractivity contribution is -0.190. The van der Waals surface area contributed by atoms with E-state index in [2.05, 4.69) is 44.1 Å². The average molecular weight is 1960 g/mol. The van der Waals surface area contributed by atoms with E-state index >= 15 is 0 Å². The Bertz CT molecular complexity index is 5330. The van der Waals surface area contributed by atoms with Crippen molar-refractivity contribution in [2.24, 2.45) is 94.7 Å². The van der Waals surface area contributed by atoms with E-state index in [0.717, 1.165) is 221 Å². The van der Waals surface area contributed by atoms with Crippen molar-refractivity contribution in [3.8, 4) is 33.8 Å². The summed E-state index contributed by atoms with van der Waals surface area (Å²) in [7, 11) is 0. The van der Waals surface area contributed by atoms with Crippen LogP contribution in [0.15, 0.2) is 133 Å². The summed E-state index contributed by atoms with van der Waals surface area (Å²) in [6.45, 7) is 17.6. The third kappa shape index (κ3) is 30.2. The Morgan fingerprint density at radius 1 is 0.221 bits per heavy atom. The van der Waals surface area contributed by atoms with Crippen LogP contribution in [0.5, 0.6) is 11.5 Å². The molecule has 0 spiro atoms. The normalized spacial score (nSPS) is 25.1. The van der Waals surface area contributed by atoms with E-state index in [1.54, 1.807) is 6.92 Å². The molecule has 0 atom stereocenters. The van der Waals surface area contributed by atoms with Gasteiger partial charge in [-0.25, -0.2) is 65.9 Å². The lowest BCUT2D eigenvalue weighted by Gasteiger charge is -2.37. The fourth-order valence-electron chi connectivity index (χ4n) is 23.6. The molecule has 2 nitrogen and oxygen atoms in total. The van der Waals surface area contributed by atoms with E-state index < -0.39 is 122 Å². The molecule has 8 aliphatic carbocycles. The van der Waals surface area contributed by atoms with Crippen molar-refractivity contribution in [3.63, 3.8) is 0 Å². The van der Waals surface area contributed by atoms with Gasteiger partial charge >= 0.3 is 12.2 Å². The van der Waals surface area contributed by atoms with E-state index in [-0.39, 0.29) is 0 Å². The Balaban J connectivity index is 0.000000148. The Hall–Kier alpha value is -8.75. The molecule has 21 heteroatoms. The summed E-state index contributed by atoms with van der Waals surface area (Å²) in [6, 6.07) is 30.0. The average Bonchev–Trinajstić information content (AvgIpc) is 0.778. The number of hydrogen-bond donors (Lipinski definition) is 0. The molecule has 0 heterocycles. The van der Waals surface area contributed by atoms with E-state index in [4.69, 9.17) is 0 Å². The molecule has 17 rings (SSSR count). The van der Waals surface area contributed by atoms with Gasteiger partial charge in [0.05, 0.1) is 0 Å². The summed E-state index contributed by atoms with van der Waals surface area (Å²) in [5, 5.41) is 0. The van der Waals surface area contributed by atoms with Gasteiger partial charge in [-0.3, -0.25) is 0 Å². The second-order valence-corrected chi connectivity index (χ2v) is 43.7. The molecular weight excluding hydrogens is 1820 g/mol. The van der Waals surface area contributed by atoms with Crippen molar-refractivity contribution in [1.82, 2.24) is 0 Å². The van der Waals surface area contributed by atoms with Gasteiger partial charge in [0.1, 0.15) is 57.5 Å². The maximum atomic E-state index is 14.7. The minimum Gasteiger partial charge on any atom is -0.429 e. The smallest absolute Gasteiger partial charge is 0.429 e. The zero-order valence-electron chi connectivity index (χ0n) is 82.8. The number of halogens is 19. The highest BCUT2D eigenvalue weighted by atomic mass is 19.3. The molecule has 0 aliphatic heterocycles. The third-order valence-corrected chi connectivity index (χ3v) is 32.9. The van der Waals surface area contributed by atoms with Crippen LogP contribution in [0.4, 0.5) is 83.4 Å². The molecule has 9 aromatic carbocycles. The first-order chi connectivity index (χ1) is 66.6. The number of hydrogen-bond acceptors (Lipinski definition) is 2. The molecule has 0 unspecified atom stereocenters. The molecule has 8 saturated carbocycles. The van der Waals surface area contributed by atoms with Crippen molar-refractivity contribution in [3.05, 3.63) is 282 Å². The maximum Gasteiger partial charge on any atom is 0.432 e. The van der Waals surface area contributed by atoms with Gasteiger partial charge in [-0.1, -0.05) is 173 Å². The van der Waals surface area contributed by atoms with Crippen LogP contribution in [-0.2, 0) is 44.3 Å². The lowest BCUT2D eigenvalue weighted by Crippen LogP contribution is -2.26. The summed E-state index contributed by atoms with van der Waals surface area (Å²) >= 11 is 0. The molecule has 9 aromatic rings. The van der Waals surface area contributed by atoms with Gasteiger partial charge in [0.25, 0.3) is 0 Å². The van der Waals surface area contributed by atoms with Gasteiger partial charge in [0.2, 0.25) is 0 Å². The minimum atomic E-state index is -4.28. The van der Waals surface area contributed by atoms with E-state index in [1.165, 1.54) is 192 Å². The zero-order chi connectivity index (χ0) is 101. The molecule has 8 aliphatic rings. The monoisotopic (exact) mass is 1960 g/mol. The van der Waals surface area contributed by atoms with E-state index in [9.17, 15) is 83.4 Å². The second kappa shape index (κ2) is 49.7. The summed E-state index contributed by atoms with van der Waals surface area (Å²) in [5.41, 5.74) is 4.47. The van der Waals surface area contributed by atoms with Crippen LogP contribution >= 0.6 is 0 Å². The van der Waals surface area contributed by atoms with Crippen LogP contribution in [0, 0.1) is 210 Å². The Labute approximate surface area is 817 Å². The molecular formula is C119H141F19O2. The molecule has 0 amide bonds. The minimum absolute atomic E-state index is 0.291. The fourth-order valence-corrected chi connectivity index (χ4v) is 23.6. The maximum absolute atomic E-state index is 14.7. The Morgan fingerprint density at radius 3 is 0.693 bits per heavy atom. The number of benzene rings is 9. The van der Waals surface area contributed by atoms with Crippen molar-refractivity contribution in [2.45, 2.75) is 319 Å². The van der Waals surface area contributed by atoms with Crippen LogP contribution in [-0.4, -0.2) is 0 Å². The number of aryl methyl sites for hydroxylation is 2. The molecule has 0 aromatic heterocycles. The summed E-state index contributed by atoms with van der Waals surface area (Å²) < 4.78 is 273. The number of ether oxygens (including phenoxy) is 2. The van der Waals surface area contributed by atoms with Crippen LogP contribution < -0.4 is 9.47 Å². The molecule has 0 N–H and O–H groups in total. The summed E-state index contributed by atoms with van der Waals surface area (Å²) in [4.78, 5) is 0. The number of alkyl halides is 4. The topological polar surface area (TPSA) is 18.5 Å². The first-order valence-electron chi connectivity index (χ1n) is 51.9. The van der Waals surface area contributed by atoms with Gasteiger partial charge < -0.3 is 9.47 Å². The van der Waals surface area contributed by atoms with Crippen LogP contribution in [0.25, 0.3) is 22.3 Å². The van der Waals surface area contributed by atoms with Gasteiger partial charge in [0, 0.05) is 12.1 Å². The predicted octanol–water partition coefficient (Wildman–Crippen LogP) is 37.0. The van der Waals surface area contributed by atoms with Crippen molar-refractivity contribution < 1.29 is 92.9 Å². The highest BCUT2D eigenvalue weighted by Crippen LogP contribution is 2.48. The van der Waals surface area contributed by atoms with Gasteiger partial charge in [-0.15, -0.1) is 0 Å². The second-order valence-electron chi connectivity index (χ2n) is 43.7. The molecule has 0 saturated heterocycles. The first-order valence-corrected chi connectivity index (χ1v) is 51.9. The Morgan fingerprint density at radius 2 is 0.429 bits per heavy atom.